The molecule has 0 unspecified atom stereocenters. The zero-order valence-electron chi connectivity index (χ0n) is 6.59. The maximum atomic E-state index is 10.6. The molecule has 0 spiro atoms. The summed E-state index contributed by atoms with van der Waals surface area (Å²) in [5.74, 6) is -0.857. The summed E-state index contributed by atoms with van der Waals surface area (Å²) in [4.78, 5) is 10.6. The summed E-state index contributed by atoms with van der Waals surface area (Å²) < 4.78 is 5.21. The highest BCUT2D eigenvalue weighted by molar-refractivity contribution is 5.79. The molecule has 1 saturated heterocycles. The van der Waals surface area contributed by atoms with Gasteiger partial charge in [-0.05, 0) is 6.42 Å². The van der Waals surface area contributed by atoms with Crippen molar-refractivity contribution in [2.24, 2.45) is 0 Å². The van der Waals surface area contributed by atoms with Gasteiger partial charge in [0.05, 0.1) is 0 Å². The summed E-state index contributed by atoms with van der Waals surface area (Å²) in [6, 6.07) is 0. The van der Waals surface area contributed by atoms with Crippen molar-refractivity contribution in [3.05, 3.63) is 0 Å². The van der Waals surface area contributed by atoms with Crippen molar-refractivity contribution in [3.8, 4) is 0 Å². The van der Waals surface area contributed by atoms with Crippen molar-refractivity contribution in [2.45, 2.75) is 18.9 Å². The molecule has 0 saturated carbocycles. The van der Waals surface area contributed by atoms with E-state index < -0.39 is 11.6 Å². The summed E-state index contributed by atoms with van der Waals surface area (Å²) in [7, 11) is 0. The first kappa shape index (κ1) is 8.49. The second kappa shape index (κ2) is 3.19. The molecular formula is C7H13NO3. The second-order valence-corrected chi connectivity index (χ2v) is 2.75. The Morgan fingerprint density at radius 1 is 1.73 bits per heavy atom. The molecule has 11 heavy (non-hydrogen) atoms. The van der Waals surface area contributed by atoms with E-state index in [0.29, 0.717) is 19.7 Å². The molecule has 64 valence electrons. The van der Waals surface area contributed by atoms with Gasteiger partial charge in [0.25, 0.3) is 0 Å². The van der Waals surface area contributed by atoms with Gasteiger partial charge >= 0.3 is 5.97 Å². The van der Waals surface area contributed by atoms with Crippen LogP contribution in [-0.4, -0.2) is 36.4 Å². The lowest BCUT2D eigenvalue weighted by atomic mass is 9.97. The van der Waals surface area contributed by atoms with Gasteiger partial charge in [-0.2, -0.15) is 0 Å². The van der Waals surface area contributed by atoms with Crippen LogP contribution in [0.2, 0.25) is 0 Å². The molecule has 1 fully saturated rings. The third-order valence-corrected chi connectivity index (χ3v) is 1.79. The second-order valence-electron chi connectivity index (χ2n) is 2.75. The SMILES string of the molecule is CCCOC1(C(=O)O)CNC1. The molecule has 0 aromatic rings. The summed E-state index contributed by atoms with van der Waals surface area (Å²) in [6.07, 6.45) is 0.856. The molecule has 0 aromatic carbocycles. The van der Waals surface area contributed by atoms with Gasteiger partial charge in [0, 0.05) is 19.7 Å². The van der Waals surface area contributed by atoms with E-state index in [-0.39, 0.29) is 0 Å². The van der Waals surface area contributed by atoms with Gasteiger partial charge in [-0.1, -0.05) is 6.92 Å². The Morgan fingerprint density at radius 3 is 2.64 bits per heavy atom. The van der Waals surface area contributed by atoms with Gasteiger partial charge in [0.15, 0.2) is 5.60 Å². The van der Waals surface area contributed by atoms with Crippen molar-refractivity contribution >= 4 is 5.97 Å². The first-order chi connectivity index (χ1) is 5.21. The van der Waals surface area contributed by atoms with E-state index >= 15 is 0 Å². The average molecular weight is 159 g/mol. The molecule has 1 aliphatic rings. The molecule has 0 amide bonds. The van der Waals surface area contributed by atoms with Crippen LogP contribution in [0.25, 0.3) is 0 Å². The number of aliphatic carboxylic acids is 1. The van der Waals surface area contributed by atoms with Crippen LogP contribution < -0.4 is 5.32 Å². The van der Waals surface area contributed by atoms with Crippen LogP contribution >= 0.6 is 0 Å². The number of hydrogen-bond acceptors (Lipinski definition) is 3. The summed E-state index contributed by atoms with van der Waals surface area (Å²) in [6.45, 7) is 3.35. The smallest absolute Gasteiger partial charge is 0.338 e. The summed E-state index contributed by atoms with van der Waals surface area (Å²) in [5, 5.41) is 11.6. The van der Waals surface area contributed by atoms with Crippen molar-refractivity contribution in [2.75, 3.05) is 19.7 Å². The van der Waals surface area contributed by atoms with Gasteiger partial charge in [-0.3, -0.25) is 0 Å². The third kappa shape index (κ3) is 1.52. The number of hydrogen-bond donors (Lipinski definition) is 2. The Morgan fingerprint density at radius 2 is 2.36 bits per heavy atom. The van der Waals surface area contributed by atoms with Crippen molar-refractivity contribution in [3.63, 3.8) is 0 Å². The van der Waals surface area contributed by atoms with E-state index in [1.807, 2.05) is 6.92 Å². The molecule has 1 aliphatic heterocycles. The predicted octanol–water partition coefficient (Wildman–Crippen LogP) is -0.160. The van der Waals surface area contributed by atoms with Crippen LogP contribution in [0.4, 0.5) is 0 Å². The van der Waals surface area contributed by atoms with Crippen LogP contribution in [0.15, 0.2) is 0 Å². The first-order valence-electron chi connectivity index (χ1n) is 3.79. The molecule has 1 heterocycles. The van der Waals surface area contributed by atoms with Crippen LogP contribution in [0.3, 0.4) is 0 Å². The molecular weight excluding hydrogens is 146 g/mol. The summed E-state index contributed by atoms with van der Waals surface area (Å²) in [5.41, 5.74) is -0.921. The fourth-order valence-corrected chi connectivity index (χ4v) is 0.965. The van der Waals surface area contributed by atoms with E-state index in [1.54, 1.807) is 0 Å². The number of carboxylic acids is 1. The molecule has 1 rings (SSSR count). The zero-order chi connectivity index (χ0) is 8.32. The Bertz CT molecular complexity index is 154. The van der Waals surface area contributed by atoms with Gasteiger partial charge in [0.2, 0.25) is 0 Å². The molecule has 0 bridgehead atoms. The van der Waals surface area contributed by atoms with Crippen molar-refractivity contribution in [1.82, 2.24) is 5.32 Å². The lowest BCUT2D eigenvalue weighted by Gasteiger charge is -2.38. The Kier molecular flexibility index (Phi) is 2.46. The number of ether oxygens (including phenoxy) is 1. The average Bonchev–Trinajstić information content (AvgIpc) is 1.85. The number of rotatable bonds is 4. The maximum absolute atomic E-state index is 10.6. The standard InChI is InChI=1S/C7H13NO3/c1-2-3-11-7(6(9)10)4-8-5-7/h8H,2-5H2,1H3,(H,9,10). The molecule has 0 aliphatic carbocycles. The van der Waals surface area contributed by atoms with Gasteiger partial charge < -0.3 is 15.2 Å². The monoisotopic (exact) mass is 159 g/mol. The number of carbonyl (C=O) groups is 1. The first-order valence-corrected chi connectivity index (χ1v) is 3.79. The normalized spacial score (nSPS) is 20.8. The fourth-order valence-electron chi connectivity index (χ4n) is 0.965. The van der Waals surface area contributed by atoms with Gasteiger partial charge in [-0.25, -0.2) is 4.79 Å². The van der Waals surface area contributed by atoms with Crippen LogP contribution in [0.1, 0.15) is 13.3 Å². The summed E-state index contributed by atoms with van der Waals surface area (Å²) >= 11 is 0. The van der Waals surface area contributed by atoms with Gasteiger partial charge in [-0.15, -0.1) is 0 Å². The quantitative estimate of drug-likeness (QED) is 0.598. The van der Waals surface area contributed by atoms with Gasteiger partial charge in [0.1, 0.15) is 0 Å². The van der Waals surface area contributed by atoms with Crippen LogP contribution in [0.5, 0.6) is 0 Å². The van der Waals surface area contributed by atoms with Crippen LogP contribution in [-0.2, 0) is 9.53 Å². The molecule has 0 atom stereocenters. The van der Waals surface area contributed by atoms with E-state index in [1.165, 1.54) is 0 Å². The van der Waals surface area contributed by atoms with Crippen molar-refractivity contribution in [1.29, 1.82) is 0 Å². The van der Waals surface area contributed by atoms with E-state index in [2.05, 4.69) is 5.32 Å². The minimum absolute atomic E-state index is 0.433. The highest BCUT2D eigenvalue weighted by Crippen LogP contribution is 2.16. The predicted molar refractivity (Wildman–Crippen MR) is 39.5 cm³/mol. The number of nitrogens with one attached hydrogen (secondary N) is 1. The van der Waals surface area contributed by atoms with E-state index in [0.717, 1.165) is 6.42 Å². The largest absolute Gasteiger partial charge is 0.479 e. The molecule has 0 radical (unpaired) electrons. The Balaban J connectivity index is 2.40. The molecule has 2 N–H and O–H groups in total. The van der Waals surface area contributed by atoms with E-state index in [4.69, 9.17) is 9.84 Å². The minimum Gasteiger partial charge on any atom is -0.479 e. The number of carboxylic acid groups (broad SMARTS) is 1. The zero-order valence-corrected chi connectivity index (χ0v) is 6.59. The highest BCUT2D eigenvalue weighted by atomic mass is 16.5. The van der Waals surface area contributed by atoms with Crippen molar-refractivity contribution < 1.29 is 14.6 Å². The maximum Gasteiger partial charge on any atom is 0.338 e. The highest BCUT2D eigenvalue weighted by Gasteiger charge is 2.45. The Hall–Kier alpha value is -0.610. The van der Waals surface area contributed by atoms with E-state index in [9.17, 15) is 4.79 Å². The molecule has 4 heteroatoms. The molecule has 4 nitrogen and oxygen atoms in total. The minimum atomic E-state index is -0.921. The fraction of sp³-hybridized carbons (Fsp3) is 0.857. The Labute approximate surface area is 65.5 Å². The lowest BCUT2D eigenvalue weighted by Crippen LogP contribution is -2.65. The third-order valence-electron chi connectivity index (χ3n) is 1.79. The topological polar surface area (TPSA) is 58.6 Å². The molecule has 0 aromatic heterocycles. The lowest BCUT2D eigenvalue weighted by molar-refractivity contribution is -0.173. The van der Waals surface area contributed by atoms with Crippen LogP contribution in [0, 0.1) is 0 Å².